The Balaban J connectivity index is 1.37. The van der Waals surface area contributed by atoms with Crippen molar-refractivity contribution < 1.29 is 4.79 Å². The third kappa shape index (κ3) is 3.80. The SMILES string of the molecule is O=C(CN1CCCSc2ccccc21)N1CCN(c2ccccn2)CC1. The number of piperazine rings is 1. The van der Waals surface area contributed by atoms with Gasteiger partial charge >= 0.3 is 0 Å². The van der Waals surface area contributed by atoms with Crippen LogP contribution in [-0.4, -0.2) is 60.8 Å². The molecule has 0 N–H and O–H groups in total. The smallest absolute Gasteiger partial charge is 0.242 e. The first kappa shape index (κ1) is 17.2. The Morgan fingerprint density at radius 3 is 2.62 bits per heavy atom. The first-order chi connectivity index (χ1) is 12.8. The standard InChI is InChI=1S/C20H24N4OS/c25-20(16-24-10-5-15-26-18-7-2-1-6-17(18)24)23-13-11-22(12-14-23)19-8-3-4-9-21-19/h1-4,6-9H,5,10-16H2. The van der Waals surface area contributed by atoms with Crippen LogP contribution < -0.4 is 9.80 Å². The predicted octanol–water partition coefficient (Wildman–Crippen LogP) is 2.73. The molecular formula is C20H24N4OS. The molecule has 1 fully saturated rings. The summed E-state index contributed by atoms with van der Waals surface area (Å²) in [6, 6.07) is 14.4. The van der Waals surface area contributed by atoms with Gasteiger partial charge in [-0.1, -0.05) is 18.2 Å². The van der Waals surface area contributed by atoms with Crippen molar-refractivity contribution >= 4 is 29.2 Å². The van der Waals surface area contributed by atoms with Crippen LogP contribution in [0.25, 0.3) is 0 Å². The fourth-order valence-electron chi connectivity index (χ4n) is 3.55. The molecule has 6 heteroatoms. The summed E-state index contributed by atoms with van der Waals surface area (Å²) in [6.07, 6.45) is 2.93. The zero-order chi connectivity index (χ0) is 17.8. The number of thioether (sulfide) groups is 1. The normalized spacial score (nSPS) is 17.6. The van der Waals surface area contributed by atoms with Crippen LogP contribution >= 0.6 is 11.8 Å². The number of anilines is 2. The van der Waals surface area contributed by atoms with E-state index >= 15 is 0 Å². The van der Waals surface area contributed by atoms with Gasteiger partial charge in [-0.05, 0) is 36.4 Å². The van der Waals surface area contributed by atoms with Crippen LogP contribution in [0.5, 0.6) is 0 Å². The highest BCUT2D eigenvalue weighted by Crippen LogP contribution is 2.33. The summed E-state index contributed by atoms with van der Waals surface area (Å²) in [5.41, 5.74) is 1.20. The monoisotopic (exact) mass is 368 g/mol. The molecule has 0 bridgehead atoms. The highest BCUT2D eigenvalue weighted by Gasteiger charge is 2.24. The van der Waals surface area contributed by atoms with E-state index in [1.54, 1.807) is 0 Å². The number of rotatable bonds is 3. The van der Waals surface area contributed by atoms with Gasteiger partial charge in [-0.25, -0.2) is 4.98 Å². The number of hydrogen-bond donors (Lipinski definition) is 0. The number of fused-ring (bicyclic) bond motifs is 1. The van der Waals surface area contributed by atoms with Gasteiger partial charge in [0.15, 0.2) is 0 Å². The number of hydrogen-bond acceptors (Lipinski definition) is 5. The largest absolute Gasteiger partial charge is 0.361 e. The second kappa shape index (κ2) is 7.99. The fourth-order valence-corrected chi connectivity index (χ4v) is 4.56. The number of carbonyl (C=O) groups excluding carboxylic acids is 1. The predicted molar refractivity (Wildman–Crippen MR) is 107 cm³/mol. The molecule has 0 radical (unpaired) electrons. The molecule has 4 rings (SSSR count). The van der Waals surface area contributed by atoms with E-state index in [0.29, 0.717) is 6.54 Å². The molecule has 1 aromatic carbocycles. The molecule has 0 atom stereocenters. The Morgan fingerprint density at radius 1 is 1.00 bits per heavy atom. The summed E-state index contributed by atoms with van der Waals surface area (Å²) in [4.78, 5) is 25.1. The molecule has 1 amide bonds. The minimum absolute atomic E-state index is 0.229. The van der Waals surface area contributed by atoms with Crippen molar-refractivity contribution in [2.75, 3.05) is 54.8 Å². The van der Waals surface area contributed by atoms with Gasteiger partial charge < -0.3 is 14.7 Å². The molecule has 2 aliphatic rings. The summed E-state index contributed by atoms with van der Waals surface area (Å²) in [5.74, 6) is 2.34. The zero-order valence-electron chi connectivity index (χ0n) is 14.9. The minimum Gasteiger partial charge on any atom is -0.361 e. The number of nitrogens with zero attached hydrogens (tertiary/aromatic N) is 4. The first-order valence-corrected chi connectivity index (χ1v) is 10.2. The molecule has 5 nitrogen and oxygen atoms in total. The lowest BCUT2D eigenvalue weighted by Crippen LogP contribution is -2.51. The van der Waals surface area contributed by atoms with E-state index in [1.165, 1.54) is 10.6 Å². The van der Waals surface area contributed by atoms with Gasteiger partial charge in [-0.15, -0.1) is 11.8 Å². The maximum Gasteiger partial charge on any atom is 0.242 e. The highest BCUT2D eigenvalue weighted by atomic mass is 32.2. The molecule has 0 spiro atoms. The van der Waals surface area contributed by atoms with Crippen molar-refractivity contribution in [2.45, 2.75) is 11.3 Å². The number of amides is 1. The van der Waals surface area contributed by atoms with E-state index < -0.39 is 0 Å². The lowest BCUT2D eigenvalue weighted by Gasteiger charge is -2.36. The van der Waals surface area contributed by atoms with Gasteiger partial charge in [0.25, 0.3) is 0 Å². The van der Waals surface area contributed by atoms with Gasteiger partial charge in [0.05, 0.1) is 12.2 Å². The second-order valence-corrected chi connectivity index (χ2v) is 7.78. The molecule has 0 unspecified atom stereocenters. The maximum atomic E-state index is 12.9. The van der Waals surface area contributed by atoms with Crippen LogP contribution in [0, 0.1) is 0 Å². The first-order valence-electron chi connectivity index (χ1n) is 9.22. The second-order valence-electron chi connectivity index (χ2n) is 6.65. The summed E-state index contributed by atoms with van der Waals surface area (Å²) in [7, 11) is 0. The molecule has 1 saturated heterocycles. The number of benzene rings is 1. The Labute approximate surface area is 159 Å². The number of aromatic nitrogens is 1. The Hall–Kier alpha value is -2.21. The molecule has 0 saturated carbocycles. The molecule has 3 heterocycles. The lowest BCUT2D eigenvalue weighted by atomic mass is 10.2. The third-order valence-corrected chi connectivity index (χ3v) is 6.12. The average Bonchev–Trinajstić information content (AvgIpc) is 2.91. The number of pyridine rings is 1. The van der Waals surface area contributed by atoms with E-state index in [1.807, 2.05) is 41.1 Å². The van der Waals surface area contributed by atoms with Crippen molar-refractivity contribution in [3.05, 3.63) is 48.7 Å². The van der Waals surface area contributed by atoms with Crippen LogP contribution in [0.15, 0.2) is 53.6 Å². The Bertz CT molecular complexity index is 746. The van der Waals surface area contributed by atoms with E-state index in [-0.39, 0.29) is 5.91 Å². The lowest BCUT2D eigenvalue weighted by molar-refractivity contribution is -0.130. The molecule has 2 aromatic rings. The van der Waals surface area contributed by atoms with Crippen LogP contribution in [0.4, 0.5) is 11.5 Å². The molecule has 0 aliphatic carbocycles. The van der Waals surface area contributed by atoms with Gasteiger partial charge in [0, 0.05) is 43.8 Å². The summed E-state index contributed by atoms with van der Waals surface area (Å²) >= 11 is 1.89. The van der Waals surface area contributed by atoms with Crippen LogP contribution in [0.1, 0.15) is 6.42 Å². The maximum absolute atomic E-state index is 12.9. The van der Waals surface area contributed by atoms with E-state index in [9.17, 15) is 4.79 Å². The van der Waals surface area contributed by atoms with Crippen molar-refractivity contribution in [1.29, 1.82) is 0 Å². The highest BCUT2D eigenvalue weighted by molar-refractivity contribution is 7.99. The van der Waals surface area contributed by atoms with E-state index in [0.717, 1.165) is 50.7 Å². The van der Waals surface area contributed by atoms with Crippen molar-refractivity contribution in [3.8, 4) is 0 Å². The molecular weight excluding hydrogens is 344 g/mol. The van der Waals surface area contributed by atoms with E-state index in [2.05, 4.69) is 39.0 Å². The van der Waals surface area contributed by atoms with Crippen LogP contribution in [0.2, 0.25) is 0 Å². The topological polar surface area (TPSA) is 39.7 Å². The van der Waals surface area contributed by atoms with E-state index in [4.69, 9.17) is 0 Å². The number of carbonyl (C=O) groups is 1. The van der Waals surface area contributed by atoms with Gasteiger partial charge in [-0.3, -0.25) is 4.79 Å². The average molecular weight is 369 g/mol. The molecule has 136 valence electrons. The number of para-hydroxylation sites is 1. The molecule has 1 aromatic heterocycles. The molecule has 2 aliphatic heterocycles. The van der Waals surface area contributed by atoms with Crippen molar-refractivity contribution in [2.24, 2.45) is 0 Å². The van der Waals surface area contributed by atoms with Gasteiger partial charge in [-0.2, -0.15) is 0 Å². The summed E-state index contributed by atoms with van der Waals surface area (Å²) in [5, 5.41) is 0. The molecule has 26 heavy (non-hydrogen) atoms. The van der Waals surface area contributed by atoms with Gasteiger partial charge in [0.1, 0.15) is 5.82 Å². The Kier molecular flexibility index (Phi) is 5.29. The zero-order valence-corrected chi connectivity index (χ0v) is 15.7. The fraction of sp³-hybridized carbons (Fsp3) is 0.400. The third-order valence-electron chi connectivity index (χ3n) is 4.97. The van der Waals surface area contributed by atoms with Crippen LogP contribution in [0.3, 0.4) is 0 Å². The Morgan fingerprint density at radius 2 is 1.81 bits per heavy atom. The quantitative estimate of drug-likeness (QED) is 0.833. The summed E-state index contributed by atoms with van der Waals surface area (Å²) < 4.78 is 0. The van der Waals surface area contributed by atoms with Crippen LogP contribution in [-0.2, 0) is 4.79 Å². The minimum atomic E-state index is 0.229. The summed E-state index contributed by atoms with van der Waals surface area (Å²) in [6.45, 7) is 4.63. The van der Waals surface area contributed by atoms with Gasteiger partial charge in [0.2, 0.25) is 5.91 Å². The van der Waals surface area contributed by atoms with Crippen molar-refractivity contribution in [1.82, 2.24) is 9.88 Å². The van der Waals surface area contributed by atoms with Crippen molar-refractivity contribution in [3.63, 3.8) is 0 Å².